The first-order valence-corrected chi connectivity index (χ1v) is 6.47. The molecule has 106 valence electrons. The topological polar surface area (TPSA) is 66.6 Å². The van der Waals surface area contributed by atoms with Crippen LogP contribution in [0.5, 0.6) is 0 Å². The van der Waals surface area contributed by atoms with Gasteiger partial charge >= 0.3 is 0 Å². The summed E-state index contributed by atoms with van der Waals surface area (Å²) >= 11 is 0. The van der Waals surface area contributed by atoms with Crippen LogP contribution in [0.2, 0.25) is 0 Å². The predicted octanol–water partition coefficient (Wildman–Crippen LogP) is 1.97. The van der Waals surface area contributed by atoms with Gasteiger partial charge in [-0.2, -0.15) is 0 Å². The molecule has 0 radical (unpaired) electrons. The van der Waals surface area contributed by atoms with Gasteiger partial charge in [0.1, 0.15) is 5.82 Å². The quantitative estimate of drug-likeness (QED) is 0.794. The second-order valence-corrected chi connectivity index (χ2v) is 4.59. The third-order valence-corrected chi connectivity index (χ3v) is 2.92. The van der Waals surface area contributed by atoms with Gasteiger partial charge in [-0.3, -0.25) is 4.79 Å². The lowest BCUT2D eigenvalue weighted by Gasteiger charge is -2.27. The lowest BCUT2D eigenvalue weighted by Crippen LogP contribution is -2.35. The van der Waals surface area contributed by atoms with Crippen molar-refractivity contribution < 1.29 is 14.3 Å². The molecule has 5 heteroatoms. The van der Waals surface area contributed by atoms with E-state index in [1.54, 1.807) is 17.0 Å². The lowest BCUT2D eigenvalue weighted by molar-refractivity contribution is -0.116. The summed E-state index contributed by atoms with van der Waals surface area (Å²) < 4.78 is 13.8. The summed E-state index contributed by atoms with van der Waals surface area (Å²) in [5.41, 5.74) is 5.97. The number of halogens is 1. The zero-order chi connectivity index (χ0) is 14.4. The van der Waals surface area contributed by atoms with Crippen LogP contribution < -0.4 is 10.6 Å². The second kappa shape index (κ2) is 7.09. The first-order chi connectivity index (χ1) is 8.97. The minimum Gasteiger partial charge on any atom is -0.389 e. The normalized spacial score (nSPS) is 12.2. The van der Waals surface area contributed by atoms with Gasteiger partial charge in [-0.25, -0.2) is 4.39 Å². The van der Waals surface area contributed by atoms with Gasteiger partial charge in [0.15, 0.2) is 0 Å². The number of hydrogen-bond acceptors (Lipinski definition) is 3. The summed E-state index contributed by atoms with van der Waals surface area (Å²) in [4.78, 5) is 12.9. The number of anilines is 1. The summed E-state index contributed by atoms with van der Waals surface area (Å²) in [6.45, 7) is 4.15. The SMILES string of the molecule is CCCCN(CC(N)=O)c1cccc(F)c1C(C)O. The Bertz CT molecular complexity index is 435. The predicted molar refractivity (Wildman–Crippen MR) is 73.3 cm³/mol. The van der Waals surface area contributed by atoms with Crippen molar-refractivity contribution in [2.75, 3.05) is 18.0 Å². The number of rotatable bonds is 7. The molecule has 1 amide bonds. The van der Waals surface area contributed by atoms with Crippen molar-refractivity contribution in [1.82, 2.24) is 0 Å². The summed E-state index contributed by atoms with van der Waals surface area (Å²) in [6, 6.07) is 4.56. The third kappa shape index (κ3) is 4.21. The largest absolute Gasteiger partial charge is 0.389 e. The van der Waals surface area contributed by atoms with E-state index in [1.165, 1.54) is 13.0 Å². The van der Waals surface area contributed by atoms with Crippen LogP contribution in [0.1, 0.15) is 38.4 Å². The van der Waals surface area contributed by atoms with E-state index in [0.717, 1.165) is 12.8 Å². The number of aliphatic hydroxyl groups excluding tert-OH is 1. The molecule has 1 atom stereocenters. The second-order valence-electron chi connectivity index (χ2n) is 4.59. The molecule has 0 fully saturated rings. The molecule has 0 aliphatic carbocycles. The molecule has 0 heterocycles. The molecule has 0 spiro atoms. The molecule has 3 N–H and O–H groups in total. The summed E-state index contributed by atoms with van der Waals surface area (Å²) in [6.07, 6.45) is 0.880. The summed E-state index contributed by atoms with van der Waals surface area (Å²) in [7, 11) is 0. The number of unbranched alkanes of at least 4 members (excludes halogenated alkanes) is 1. The molecule has 1 aromatic rings. The Morgan fingerprint density at radius 2 is 2.21 bits per heavy atom. The average molecular weight is 268 g/mol. The van der Waals surface area contributed by atoms with Gasteiger partial charge in [-0.15, -0.1) is 0 Å². The van der Waals surface area contributed by atoms with Gasteiger partial charge < -0.3 is 15.7 Å². The monoisotopic (exact) mass is 268 g/mol. The molecule has 0 saturated carbocycles. The smallest absolute Gasteiger partial charge is 0.236 e. The molecule has 0 bridgehead atoms. The molecule has 1 unspecified atom stereocenters. The number of amides is 1. The Labute approximate surface area is 113 Å². The summed E-state index contributed by atoms with van der Waals surface area (Å²) in [5.74, 6) is -0.949. The van der Waals surface area contributed by atoms with E-state index in [0.29, 0.717) is 12.2 Å². The van der Waals surface area contributed by atoms with Crippen LogP contribution in [-0.4, -0.2) is 24.1 Å². The van der Waals surface area contributed by atoms with E-state index in [9.17, 15) is 14.3 Å². The fraction of sp³-hybridized carbons (Fsp3) is 0.500. The van der Waals surface area contributed by atoms with Crippen LogP contribution in [0, 0.1) is 5.82 Å². The van der Waals surface area contributed by atoms with Gasteiger partial charge in [-0.1, -0.05) is 19.4 Å². The number of carbonyl (C=O) groups is 1. The first-order valence-electron chi connectivity index (χ1n) is 6.47. The third-order valence-electron chi connectivity index (χ3n) is 2.92. The highest BCUT2D eigenvalue weighted by Crippen LogP contribution is 2.29. The number of carbonyl (C=O) groups excluding carboxylic acids is 1. The number of hydrogen-bond donors (Lipinski definition) is 2. The Kier molecular flexibility index (Phi) is 5.76. The maximum Gasteiger partial charge on any atom is 0.236 e. The van der Waals surface area contributed by atoms with E-state index in [-0.39, 0.29) is 12.1 Å². The molecule has 0 aliphatic heterocycles. The molecular weight excluding hydrogens is 247 g/mol. The van der Waals surface area contributed by atoms with Crippen molar-refractivity contribution in [2.45, 2.75) is 32.8 Å². The minimum absolute atomic E-state index is 0.0170. The van der Waals surface area contributed by atoms with Gasteiger partial charge in [0, 0.05) is 17.8 Å². The van der Waals surface area contributed by atoms with E-state index in [4.69, 9.17) is 5.73 Å². The number of nitrogens with two attached hydrogens (primary N) is 1. The highest BCUT2D eigenvalue weighted by atomic mass is 19.1. The van der Waals surface area contributed by atoms with Gasteiger partial charge in [-0.05, 0) is 25.5 Å². The fourth-order valence-electron chi connectivity index (χ4n) is 2.04. The Morgan fingerprint density at radius 1 is 1.53 bits per heavy atom. The standard InChI is InChI=1S/C14H21FN2O2/c1-3-4-8-17(9-13(16)19)12-7-5-6-11(15)14(12)10(2)18/h5-7,10,18H,3-4,8-9H2,1-2H3,(H2,16,19). The molecule has 19 heavy (non-hydrogen) atoms. The summed E-state index contributed by atoms with van der Waals surface area (Å²) in [5, 5.41) is 9.71. The van der Waals surface area contributed by atoms with Crippen LogP contribution in [0.4, 0.5) is 10.1 Å². The van der Waals surface area contributed by atoms with Crippen molar-refractivity contribution in [1.29, 1.82) is 0 Å². The molecule has 0 aliphatic rings. The van der Waals surface area contributed by atoms with Crippen LogP contribution >= 0.6 is 0 Å². The van der Waals surface area contributed by atoms with Crippen LogP contribution in [0.15, 0.2) is 18.2 Å². The van der Waals surface area contributed by atoms with E-state index in [1.807, 2.05) is 6.92 Å². The molecule has 1 aromatic carbocycles. The molecule has 0 aromatic heterocycles. The van der Waals surface area contributed by atoms with E-state index >= 15 is 0 Å². The van der Waals surface area contributed by atoms with Crippen LogP contribution in [-0.2, 0) is 4.79 Å². The number of nitrogens with zero attached hydrogens (tertiary/aromatic N) is 1. The van der Waals surface area contributed by atoms with Gasteiger partial charge in [0.2, 0.25) is 5.91 Å². The maximum atomic E-state index is 13.8. The van der Waals surface area contributed by atoms with Crippen LogP contribution in [0.25, 0.3) is 0 Å². The molecule has 4 nitrogen and oxygen atoms in total. The number of aliphatic hydroxyl groups is 1. The fourth-order valence-corrected chi connectivity index (χ4v) is 2.04. The van der Waals surface area contributed by atoms with Crippen molar-refractivity contribution >= 4 is 11.6 Å². The first kappa shape index (κ1) is 15.4. The Hall–Kier alpha value is -1.62. The van der Waals surface area contributed by atoms with E-state index < -0.39 is 17.8 Å². The maximum absolute atomic E-state index is 13.8. The van der Waals surface area contributed by atoms with Crippen LogP contribution in [0.3, 0.4) is 0 Å². The number of primary amides is 1. The minimum atomic E-state index is -0.937. The van der Waals surface area contributed by atoms with Gasteiger partial charge in [0.25, 0.3) is 0 Å². The van der Waals surface area contributed by atoms with Crippen molar-refractivity contribution in [3.8, 4) is 0 Å². The lowest BCUT2D eigenvalue weighted by atomic mass is 10.1. The van der Waals surface area contributed by atoms with Crippen molar-refractivity contribution in [3.63, 3.8) is 0 Å². The Balaban J connectivity index is 3.13. The van der Waals surface area contributed by atoms with Crippen molar-refractivity contribution in [3.05, 3.63) is 29.6 Å². The zero-order valence-corrected chi connectivity index (χ0v) is 11.4. The average Bonchev–Trinajstić information content (AvgIpc) is 2.33. The highest BCUT2D eigenvalue weighted by Gasteiger charge is 2.19. The molecule has 1 rings (SSSR count). The molecule has 0 saturated heterocycles. The van der Waals surface area contributed by atoms with Crippen molar-refractivity contribution in [2.24, 2.45) is 5.73 Å². The zero-order valence-electron chi connectivity index (χ0n) is 11.4. The molecular formula is C14H21FN2O2. The Morgan fingerprint density at radius 3 is 2.74 bits per heavy atom. The van der Waals surface area contributed by atoms with E-state index in [2.05, 4.69) is 0 Å². The highest BCUT2D eigenvalue weighted by molar-refractivity contribution is 5.80. The number of benzene rings is 1. The van der Waals surface area contributed by atoms with Gasteiger partial charge in [0.05, 0.1) is 12.6 Å².